The molecule has 0 aromatic carbocycles. The largest absolute Gasteiger partial charge is 0.463 e. The summed E-state index contributed by atoms with van der Waals surface area (Å²) < 4.78 is 4.86. The molecule has 0 saturated heterocycles. The minimum absolute atomic E-state index is 0.182. The topological polar surface area (TPSA) is 26.3 Å². The third-order valence-corrected chi connectivity index (χ3v) is 2.75. The molecule has 2 nitrogen and oxygen atoms in total. The number of ether oxygens (including phenoxy) is 1. The number of rotatable bonds is 2. The summed E-state index contributed by atoms with van der Waals surface area (Å²) in [6.07, 6.45) is 3.78. The van der Waals surface area contributed by atoms with Gasteiger partial charge >= 0.3 is 5.97 Å². The van der Waals surface area contributed by atoms with Crippen molar-refractivity contribution in [3.63, 3.8) is 0 Å². The highest BCUT2D eigenvalue weighted by Crippen LogP contribution is 2.34. The summed E-state index contributed by atoms with van der Waals surface area (Å²) in [4.78, 5) is 11.1. The fourth-order valence-electron chi connectivity index (χ4n) is 1.78. The summed E-state index contributed by atoms with van der Waals surface area (Å²) in [5.74, 6) is 1.24. The van der Waals surface area contributed by atoms with Gasteiger partial charge in [-0.15, -0.1) is 0 Å². The first-order valence-corrected chi connectivity index (χ1v) is 4.99. The SMILES string of the molecule is CCOC(=O)/C=C1\C[C@@H](C)[C@@H](C)C1. The summed E-state index contributed by atoms with van der Waals surface area (Å²) in [6.45, 7) is 6.76. The Bertz CT molecular complexity index is 206. The standard InChI is InChI=1S/C11H18O2/c1-4-13-11(12)7-10-5-8(2)9(3)6-10/h7-9H,4-6H2,1-3H3/b10-7-/t8-,9+/m0/s1. The van der Waals surface area contributed by atoms with E-state index in [0.29, 0.717) is 18.4 Å². The molecule has 1 fully saturated rings. The third-order valence-electron chi connectivity index (χ3n) is 2.75. The van der Waals surface area contributed by atoms with E-state index in [1.165, 1.54) is 5.57 Å². The molecule has 0 spiro atoms. The first kappa shape index (κ1) is 10.3. The van der Waals surface area contributed by atoms with Gasteiger partial charge in [0.15, 0.2) is 0 Å². The molecular weight excluding hydrogens is 164 g/mol. The van der Waals surface area contributed by atoms with Gasteiger partial charge in [-0.1, -0.05) is 19.4 Å². The van der Waals surface area contributed by atoms with Gasteiger partial charge in [0, 0.05) is 6.08 Å². The first-order chi connectivity index (χ1) is 6.13. The highest BCUT2D eigenvalue weighted by atomic mass is 16.5. The van der Waals surface area contributed by atoms with Crippen molar-refractivity contribution in [2.45, 2.75) is 33.6 Å². The van der Waals surface area contributed by atoms with E-state index in [0.717, 1.165) is 12.8 Å². The lowest BCUT2D eigenvalue weighted by atomic mass is 10.0. The smallest absolute Gasteiger partial charge is 0.330 e. The molecule has 0 N–H and O–H groups in total. The highest BCUT2D eigenvalue weighted by Gasteiger charge is 2.23. The van der Waals surface area contributed by atoms with Crippen LogP contribution in [0.15, 0.2) is 11.6 Å². The van der Waals surface area contributed by atoms with E-state index in [4.69, 9.17) is 4.74 Å². The van der Waals surface area contributed by atoms with Crippen molar-refractivity contribution in [1.82, 2.24) is 0 Å². The zero-order valence-corrected chi connectivity index (χ0v) is 8.67. The molecule has 2 atom stereocenters. The molecule has 1 aliphatic rings. The average Bonchev–Trinajstić information content (AvgIpc) is 2.31. The Morgan fingerprint density at radius 1 is 1.46 bits per heavy atom. The van der Waals surface area contributed by atoms with Gasteiger partial charge in [0.1, 0.15) is 0 Å². The molecule has 13 heavy (non-hydrogen) atoms. The van der Waals surface area contributed by atoms with Gasteiger partial charge in [0.25, 0.3) is 0 Å². The van der Waals surface area contributed by atoms with Crippen molar-refractivity contribution < 1.29 is 9.53 Å². The molecule has 0 aromatic rings. The van der Waals surface area contributed by atoms with E-state index < -0.39 is 0 Å². The van der Waals surface area contributed by atoms with Gasteiger partial charge in [-0.3, -0.25) is 0 Å². The van der Waals surface area contributed by atoms with Crippen LogP contribution in [0.2, 0.25) is 0 Å². The van der Waals surface area contributed by atoms with E-state index in [1.807, 2.05) is 6.92 Å². The quantitative estimate of drug-likeness (QED) is 0.484. The second-order valence-corrected chi connectivity index (χ2v) is 3.92. The van der Waals surface area contributed by atoms with Crippen molar-refractivity contribution in [3.8, 4) is 0 Å². The Morgan fingerprint density at radius 3 is 2.46 bits per heavy atom. The molecule has 2 heteroatoms. The Morgan fingerprint density at radius 2 is 2.00 bits per heavy atom. The predicted octanol–water partition coefficient (Wildman–Crippen LogP) is 2.54. The average molecular weight is 182 g/mol. The van der Waals surface area contributed by atoms with Gasteiger partial charge < -0.3 is 4.74 Å². The van der Waals surface area contributed by atoms with Crippen LogP contribution in [-0.2, 0) is 9.53 Å². The van der Waals surface area contributed by atoms with E-state index in [2.05, 4.69) is 13.8 Å². The van der Waals surface area contributed by atoms with Crippen LogP contribution in [0.3, 0.4) is 0 Å². The molecule has 0 amide bonds. The molecule has 1 aliphatic carbocycles. The van der Waals surface area contributed by atoms with Gasteiger partial charge in [-0.05, 0) is 31.6 Å². The molecule has 0 heterocycles. The number of hydrogen-bond donors (Lipinski definition) is 0. The first-order valence-electron chi connectivity index (χ1n) is 4.99. The number of esters is 1. The lowest BCUT2D eigenvalue weighted by Crippen LogP contribution is -2.00. The van der Waals surface area contributed by atoms with Crippen molar-refractivity contribution in [1.29, 1.82) is 0 Å². The van der Waals surface area contributed by atoms with E-state index in [-0.39, 0.29) is 5.97 Å². The zero-order valence-electron chi connectivity index (χ0n) is 8.67. The molecular formula is C11H18O2. The summed E-state index contributed by atoms with van der Waals surface area (Å²) in [7, 11) is 0. The van der Waals surface area contributed by atoms with Crippen molar-refractivity contribution >= 4 is 5.97 Å². The van der Waals surface area contributed by atoms with Gasteiger partial charge in [0.2, 0.25) is 0 Å². The summed E-state index contributed by atoms with van der Waals surface area (Å²) >= 11 is 0. The van der Waals surface area contributed by atoms with Crippen molar-refractivity contribution in [3.05, 3.63) is 11.6 Å². The lowest BCUT2D eigenvalue weighted by Gasteiger charge is -2.04. The normalized spacial score (nSPS) is 30.8. The van der Waals surface area contributed by atoms with E-state index in [9.17, 15) is 4.79 Å². The number of hydrogen-bond acceptors (Lipinski definition) is 2. The molecule has 1 rings (SSSR count). The van der Waals surface area contributed by atoms with Crippen LogP contribution in [0.1, 0.15) is 33.6 Å². The summed E-state index contributed by atoms with van der Waals surface area (Å²) in [5, 5.41) is 0. The maximum atomic E-state index is 11.1. The zero-order chi connectivity index (χ0) is 9.84. The van der Waals surface area contributed by atoms with Crippen LogP contribution >= 0.6 is 0 Å². The monoisotopic (exact) mass is 182 g/mol. The molecule has 0 radical (unpaired) electrons. The Kier molecular flexibility index (Phi) is 3.52. The minimum atomic E-state index is -0.182. The molecule has 0 aromatic heterocycles. The Balaban J connectivity index is 2.49. The number of carbonyl (C=O) groups is 1. The maximum Gasteiger partial charge on any atom is 0.330 e. The van der Waals surface area contributed by atoms with Crippen LogP contribution in [0.25, 0.3) is 0 Å². The maximum absolute atomic E-state index is 11.1. The van der Waals surface area contributed by atoms with E-state index >= 15 is 0 Å². The second-order valence-electron chi connectivity index (χ2n) is 3.92. The fraction of sp³-hybridized carbons (Fsp3) is 0.727. The Labute approximate surface area is 80.0 Å². The molecule has 0 unspecified atom stereocenters. The minimum Gasteiger partial charge on any atom is -0.463 e. The number of allylic oxidation sites excluding steroid dienone is 1. The molecule has 1 saturated carbocycles. The summed E-state index contributed by atoms with van der Waals surface area (Å²) in [6, 6.07) is 0. The van der Waals surface area contributed by atoms with Crippen LogP contribution in [0.5, 0.6) is 0 Å². The highest BCUT2D eigenvalue weighted by molar-refractivity contribution is 5.82. The van der Waals surface area contributed by atoms with Crippen LogP contribution < -0.4 is 0 Å². The third kappa shape index (κ3) is 2.87. The Hall–Kier alpha value is -0.790. The fourth-order valence-corrected chi connectivity index (χ4v) is 1.78. The molecule has 0 bridgehead atoms. The van der Waals surface area contributed by atoms with Crippen molar-refractivity contribution in [2.75, 3.05) is 6.61 Å². The van der Waals surface area contributed by atoms with Crippen LogP contribution in [-0.4, -0.2) is 12.6 Å². The van der Waals surface area contributed by atoms with Crippen molar-refractivity contribution in [2.24, 2.45) is 11.8 Å². The molecule has 74 valence electrons. The second kappa shape index (κ2) is 4.45. The lowest BCUT2D eigenvalue weighted by molar-refractivity contribution is -0.137. The number of carbonyl (C=O) groups excluding carboxylic acids is 1. The van der Waals surface area contributed by atoms with Gasteiger partial charge in [0.05, 0.1) is 6.61 Å². The predicted molar refractivity (Wildman–Crippen MR) is 52.3 cm³/mol. The van der Waals surface area contributed by atoms with Crippen LogP contribution in [0.4, 0.5) is 0 Å². The summed E-state index contributed by atoms with van der Waals surface area (Å²) in [5.41, 5.74) is 1.25. The van der Waals surface area contributed by atoms with E-state index in [1.54, 1.807) is 6.08 Å². The van der Waals surface area contributed by atoms with Gasteiger partial charge in [-0.2, -0.15) is 0 Å². The van der Waals surface area contributed by atoms with Crippen LogP contribution in [0, 0.1) is 11.8 Å². The van der Waals surface area contributed by atoms with Gasteiger partial charge in [-0.25, -0.2) is 4.79 Å². The molecule has 0 aliphatic heterocycles.